The molecule has 3 aromatic carbocycles. The van der Waals surface area contributed by atoms with E-state index in [2.05, 4.69) is 10.0 Å². The van der Waals surface area contributed by atoms with E-state index in [1.165, 1.54) is 55.6 Å². The maximum absolute atomic E-state index is 14.0. The van der Waals surface area contributed by atoms with Gasteiger partial charge >= 0.3 is 0 Å². The summed E-state index contributed by atoms with van der Waals surface area (Å²) in [5, 5.41) is 13.5. The van der Waals surface area contributed by atoms with Gasteiger partial charge in [-0.15, -0.1) is 0 Å². The number of nitro groups is 1. The number of sulfonamides is 1. The number of anilines is 2. The SMILES string of the molecule is CCOc1ccc(NC(=O)c2ccc(S(=O)(=O)Nc3cc([N+](=O)[O-])ccc3OC)cc2)cc1F. The molecule has 0 aliphatic rings. The molecule has 0 aromatic heterocycles. The normalized spacial score (nSPS) is 10.9. The Morgan fingerprint density at radius 1 is 1.06 bits per heavy atom. The van der Waals surface area contributed by atoms with Crippen molar-refractivity contribution in [3.8, 4) is 11.5 Å². The van der Waals surface area contributed by atoms with Crippen LogP contribution < -0.4 is 19.5 Å². The molecule has 1 amide bonds. The third kappa shape index (κ3) is 5.59. The van der Waals surface area contributed by atoms with Gasteiger partial charge in [0.05, 0.1) is 29.2 Å². The molecule has 10 nitrogen and oxygen atoms in total. The Hall–Kier alpha value is -4.19. The van der Waals surface area contributed by atoms with Gasteiger partial charge in [-0.25, -0.2) is 12.8 Å². The number of carbonyl (C=O) groups is 1. The minimum absolute atomic E-state index is 0.0583. The largest absolute Gasteiger partial charge is 0.495 e. The van der Waals surface area contributed by atoms with Crippen LogP contribution in [0.1, 0.15) is 17.3 Å². The van der Waals surface area contributed by atoms with Crippen molar-refractivity contribution in [2.45, 2.75) is 11.8 Å². The highest BCUT2D eigenvalue weighted by molar-refractivity contribution is 7.92. The molecule has 0 saturated heterocycles. The van der Waals surface area contributed by atoms with Crippen LogP contribution in [0.2, 0.25) is 0 Å². The molecular weight excluding hydrogens is 469 g/mol. The number of ether oxygens (including phenoxy) is 2. The standard InChI is InChI=1S/C22H20FN3O7S/c1-3-33-20-10-6-15(12-18(20)23)24-22(27)14-4-8-17(9-5-14)34(30,31)25-19-13-16(26(28)29)7-11-21(19)32-2/h4-13,25H,3H2,1-2H3,(H,24,27). The third-order valence-corrected chi connectivity index (χ3v) is 5.94. The van der Waals surface area contributed by atoms with E-state index in [4.69, 9.17) is 9.47 Å². The fraction of sp³-hybridized carbons (Fsp3) is 0.136. The molecule has 12 heteroatoms. The lowest BCUT2D eigenvalue weighted by atomic mass is 10.2. The highest BCUT2D eigenvalue weighted by Crippen LogP contribution is 2.31. The summed E-state index contributed by atoms with van der Waals surface area (Å²) in [7, 11) is -2.86. The quantitative estimate of drug-likeness (QED) is 0.340. The van der Waals surface area contributed by atoms with E-state index in [-0.39, 0.29) is 39.0 Å². The van der Waals surface area contributed by atoms with Crippen LogP contribution >= 0.6 is 0 Å². The van der Waals surface area contributed by atoms with Crippen LogP contribution in [0.25, 0.3) is 0 Å². The van der Waals surface area contributed by atoms with Crippen molar-refractivity contribution in [3.05, 3.63) is 82.2 Å². The van der Waals surface area contributed by atoms with E-state index in [1.54, 1.807) is 6.92 Å². The zero-order valence-corrected chi connectivity index (χ0v) is 18.9. The van der Waals surface area contributed by atoms with Crippen molar-refractivity contribution >= 4 is 33.0 Å². The van der Waals surface area contributed by atoms with Crippen molar-refractivity contribution in [2.24, 2.45) is 0 Å². The number of benzene rings is 3. The third-order valence-electron chi connectivity index (χ3n) is 4.55. The predicted molar refractivity (Wildman–Crippen MR) is 122 cm³/mol. The number of halogens is 1. The van der Waals surface area contributed by atoms with Gasteiger partial charge in [-0.05, 0) is 49.4 Å². The molecule has 0 heterocycles. The summed E-state index contributed by atoms with van der Waals surface area (Å²) in [4.78, 5) is 22.6. The number of hydrogen-bond acceptors (Lipinski definition) is 7. The average molecular weight is 489 g/mol. The van der Waals surface area contributed by atoms with Crippen LogP contribution in [0.3, 0.4) is 0 Å². The lowest BCUT2D eigenvalue weighted by molar-refractivity contribution is -0.384. The molecule has 0 aliphatic heterocycles. The average Bonchev–Trinajstić information content (AvgIpc) is 2.80. The first-order valence-electron chi connectivity index (χ1n) is 9.83. The summed E-state index contributed by atoms with van der Waals surface area (Å²) in [5.74, 6) is -1.07. The second-order valence-electron chi connectivity index (χ2n) is 6.80. The van der Waals surface area contributed by atoms with Crippen LogP contribution in [-0.4, -0.2) is 33.0 Å². The van der Waals surface area contributed by atoms with E-state index >= 15 is 0 Å². The van der Waals surface area contributed by atoms with Crippen molar-refractivity contribution < 1.29 is 32.0 Å². The molecule has 0 bridgehead atoms. The van der Waals surface area contributed by atoms with Gasteiger partial charge in [0, 0.05) is 29.4 Å². The second-order valence-corrected chi connectivity index (χ2v) is 8.49. The van der Waals surface area contributed by atoms with Gasteiger partial charge in [0.15, 0.2) is 11.6 Å². The number of carbonyl (C=O) groups excluding carboxylic acids is 1. The molecule has 0 unspecified atom stereocenters. The Kier molecular flexibility index (Phi) is 7.31. The van der Waals surface area contributed by atoms with Gasteiger partial charge in [0.2, 0.25) is 0 Å². The molecule has 0 saturated carbocycles. The molecule has 3 aromatic rings. The number of nitro benzene ring substituents is 1. The molecule has 34 heavy (non-hydrogen) atoms. The fourth-order valence-electron chi connectivity index (χ4n) is 2.93. The number of amides is 1. The minimum atomic E-state index is -4.15. The minimum Gasteiger partial charge on any atom is -0.495 e. The number of rotatable bonds is 9. The summed E-state index contributed by atoms with van der Waals surface area (Å²) in [6.45, 7) is 2.01. The number of methoxy groups -OCH3 is 1. The summed E-state index contributed by atoms with van der Waals surface area (Å²) in [6, 6.07) is 12.4. The Morgan fingerprint density at radius 2 is 1.74 bits per heavy atom. The zero-order valence-electron chi connectivity index (χ0n) is 18.1. The molecule has 178 valence electrons. The Morgan fingerprint density at radius 3 is 2.32 bits per heavy atom. The second kappa shape index (κ2) is 10.2. The number of non-ortho nitro benzene ring substituents is 1. The maximum Gasteiger partial charge on any atom is 0.271 e. The van der Waals surface area contributed by atoms with Crippen LogP contribution in [0.4, 0.5) is 21.5 Å². The Labute approximate surface area is 194 Å². The molecule has 2 N–H and O–H groups in total. The first-order valence-corrected chi connectivity index (χ1v) is 11.3. The Bertz CT molecular complexity index is 1330. The highest BCUT2D eigenvalue weighted by Gasteiger charge is 2.20. The van der Waals surface area contributed by atoms with E-state index in [0.717, 1.165) is 12.1 Å². The van der Waals surface area contributed by atoms with Gasteiger partial charge in [0.25, 0.3) is 21.6 Å². The molecule has 0 fully saturated rings. The molecular formula is C22H20FN3O7S. The summed E-state index contributed by atoms with van der Waals surface area (Å²) in [6.07, 6.45) is 0. The van der Waals surface area contributed by atoms with Crippen molar-refractivity contribution in [1.82, 2.24) is 0 Å². The van der Waals surface area contributed by atoms with E-state index in [0.29, 0.717) is 6.61 Å². The molecule has 0 spiro atoms. The summed E-state index contributed by atoms with van der Waals surface area (Å²) in [5.41, 5.74) is -0.115. The number of nitrogens with one attached hydrogen (secondary N) is 2. The van der Waals surface area contributed by atoms with E-state index in [1.807, 2.05) is 0 Å². The topological polar surface area (TPSA) is 137 Å². The van der Waals surface area contributed by atoms with Crippen LogP contribution in [0, 0.1) is 15.9 Å². The number of hydrogen-bond donors (Lipinski definition) is 2. The Balaban J connectivity index is 1.77. The predicted octanol–water partition coefficient (Wildman–Crippen LogP) is 4.19. The first-order chi connectivity index (χ1) is 16.1. The molecule has 0 aliphatic carbocycles. The monoisotopic (exact) mass is 489 g/mol. The van der Waals surface area contributed by atoms with Gasteiger partial charge in [-0.2, -0.15) is 0 Å². The zero-order chi connectivity index (χ0) is 24.9. The summed E-state index contributed by atoms with van der Waals surface area (Å²) >= 11 is 0. The lowest BCUT2D eigenvalue weighted by Gasteiger charge is -2.12. The van der Waals surface area contributed by atoms with Gasteiger partial charge < -0.3 is 14.8 Å². The van der Waals surface area contributed by atoms with Crippen molar-refractivity contribution in [3.63, 3.8) is 0 Å². The van der Waals surface area contributed by atoms with Crippen molar-refractivity contribution in [1.29, 1.82) is 0 Å². The van der Waals surface area contributed by atoms with Crippen LogP contribution in [-0.2, 0) is 10.0 Å². The summed E-state index contributed by atoms with van der Waals surface area (Å²) < 4.78 is 51.9. The van der Waals surface area contributed by atoms with Gasteiger partial charge in [-0.3, -0.25) is 19.6 Å². The fourth-order valence-corrected chi connectivity index (χ4v) is 3.99. The molecule has 0 atom stereocenters. The maximum atomic E-state index is 14.0. The molecule has 3 rings (SSSR count). The van der Waals surface area contributed by atoms with E-state index < -0.39 is 26.7 Å². The van der Waals surface area contributed by atoms with Gasteiger partial charge in [0.1, 0.15) is 5.75 Å². The smallest absolute Gasteiger partial charge is 0.271 e. The lowest BCUT2D eigenvalue weighted by Crippen LogP contribution is -2.15. The van der Waals surface area contributed by atoms with Crippen LogP contribution in [0.5, 0.6) is 11.5 Å². The van der Waals surface area contributed by atoms with Crippen molar-refractivity contribution in [2.75, 3.05) is 23.8 Å². The highest BCUT2D eigenvalue weighted by atomic mass is 32.2. The molecule has 0 radical (unpaired) electrons. The van der Waals surface area contributed by atoms with Gasteiger partial charge in [-0.1, -0.05) is 0 Å². The van der Waals surface area contributed by atoms with Crippen LogP contribution in [0.15, 0.2) is 65.6 Å². The van der Waals surface area contributed by atoms with E-state index in [9.17, 15) is 27.7 Å². The first kappa shape index (κ1) is 24.5. The number of nitrogens with zero attached hydrogens (tertiary/aromatic N) is 1.